The molecule has 0 aromatic carbocycles. The van der Waals surface area contributed by atoms with Crippen molar-refractivity contribution >= 4 is 21.9 Å². The van der Waals surface area contributed by atoms with Crippen molar-refractivity contribution < 1.29 is 40.7 Å². The van der Waals surface area contributed by atoms with Crippen molar-refractivity contribution in [3.63, 3.8) is 0 Å². The topological polar surface area (TPSA) is 119 Å². The predicted octanol–water partition coefficient (Wildman–Crippen LogP) is 3.23. The van der Waals surface area contributed by atoms with E-state index in [0.717, 1.165) is 24.8 Å². The van der Waals surface area contributed by atoms with Crippen molar-refractivity contribution in [1.82, 2.24) is 0 Å². The Morgan fingerprint density at radius 2 is 1.85 bits per heavy atom. The second-order valence-corrected chi connectivity index (χ2v) is 15.1. The van der Waals surface area contributed by atoms with Crippen molar-refractivity contribution in [1.29, 1.82) is 0 Å². The fraction of sp³-hybridized carbons (Fsp3) is 0.806. The quantitative estimate of drug-likeness (QED) is 0.354. The van der Waals surface area contributed by atoms with Gasteiger partial charge in [0.05, 0.1) is 25.7 Å². The van der Waals surface area contributed by atoms with E-state index >= 15 is 0 Å². The molecule has 41 heavy (non-hydrogen) atoms. The summed E-state index contributed by atoms with van der Waals surface area (Å²) in [5, 5.41) is 14.2. The predicted molar refractivity (Wildman–Crippen MR) is 150 cm³/mol. The van der Waals surface area contributed by atoms with Crippen LogP contribution < -0.4 is 5.11 Å². The molecule has 0 bridgehead atoms. The fourth-order valence-electron chi connectivity index (χ4n) is 9.46. The van der Waals surface area contributed by atoms with Gasteiger partial charge in [-0.2, -0.15) is 3.89 Å². The third kappa shape index (κ3) is 4.30. The second-order valence-electron chi connectivity index (χ2n) is 13.2. The molecule has 1 aliphatic heterocycles. The number of rotatable bonds is 10. The molecule has 0 N–H and O–H groups in total. The largest absolute Gasteiger partial charge is 0.852 e. The summed E-state index contributed by atoms with van der Waals surface area (Å²) in [6, 6.07) is 0. The smallest absolute Gasteiger partial charge is 0.435 e. The maximum absolute atomic E-state index is 14.3. The zero-order valence-corrected chi connectivity index (χ0v) is 26.2. The molecule has 4 fully saturated rings. The Hall–Kier alpha value is -1.43. The molecule has 1 heterocycles. The van der Waals surface area contributed by atoms with E-state index in [2.05, 4.69) is 6.92 Å². The van der Waals surface area contributed by atoms with Crippen LogP contribution >= 0.6 is 0 Å². The number of nitrogens with zero attached hydrogens (tertiary/aromatic N) is 1. The standard InChI is InChI=1S/C31H47NO8S/c1-7-11-27-39-26-17-23-22-13-12-20-16-21(33)14-15-29(20,5)28(22)24(34)18-30(23,6)31(26,40-27)25(35)19-38-41(36,37)32(8-2,9-3)10-4/h14-16,22-24,26-28H,7-13,17-19H2,1-6H3/t22?,23?,24-,26-,27?,28?,29-,30-,31+/m0/s1. The molecule has 10 heteroatoms. The maximum atomic E-state index is 14.3. The molecule has 3 saturated carbocycles. The van der Waals surface area contributed by atoms with E-state index in [-0.39, 0.29) is 33.8 Å². The highest BCUT2D eigenvalue weighted by Gasteiger charge is 2.75. The minimum atomic E-state index is -4.10. The monoisotopic (exact) mass is 593 g/mol. The third-order valence-electron chi connectivity index (χ3n) is 11.7. The van der Waals surface area contributed by atoms with Crippen molar-refractivity contribution in [3.8, 4) is 0 Å². The Bertz CT molecular complexity index is 1230. The number of quaternary nitrogens is 1. The lowest BCUT2D eigenvalue weighted by Gasteiger charge is -2.63. The highest BCUT2D eigenvalue weighted by molar-refractivity contribution is 7.81. The van der Waals surface area contributed by atoms with Gasteiger partial charge in [0.15, 0.2) is 23.5 Å². The van der Waals surface area contributed by atoms with Crippen LogP contribution in [-0.4, -0.2) is 74.2 Å². The molecular weight excluding hydrogens is 546 g/mol. The zero-order chi connectivity index (χ0) is 30.0. The molecule has 0 aromatic rings. The molecule has 9 nitrogen and oxygen atoms in total. The molecule has 5 aliphatic rings. The van der Waals surface area contributed by atoms with Gasteiger partial charge in [-0.25, -0.2) is 4.18 Å². The minimum Gasteiger partial charge on any atom is -0.852 e. The van der Waals surface area contributed by atoms with Gasteiger partial charge in [-0.1, -0.05) is 45.3 Å². The summed E-state index contributed by atoms with van der Waals surface area (Å²) in [6.07, 6.45) is 6.72. The van der Waals surface area contributed by atoms with Crippen LogP contribution in [0.4, 0.5) is 0 Å². The lowest BCUT2D eigenvalue weighted by molar-refractivity contribution is -0.805. The number of ether oxygens (including phenoxy) is 2. The van der Waals surface area contributed by atoms with E-state index < -0.39 is 57.6 Å². The molecule has 230 valence electrons. The van der Waals surface area contributed by atoms with Gasteiger partial charge in [0.25, 0.3) is 0 Å². The van der Waals surface area contributed by atoms with Gasteiger partial charge < -0.3 is 14.6 Å². The molecule has 9 atom stereocenters. The number of fused-ring (bicyclic) bond motifs is 7. The Morgan fingerprint density at radius 3 is 2.49 bits per heavy atom. The number of hydrogen-bond acceptors (Lipinski definition) is 8. The molecule has 0 amide bonds. The summed E-state index contributed by atoms with van der Waals surface area (Å²) in [7, 11) is -4.10. The van der Waals surface area contributed by atoms with E-state index in [1.54, 1.807) is 32.9 Å². The van der Waals surface area contributed by atoms with Gasteiger partial charge in [0, 0.05) is 10.8 Å². The first-order chi connectivity index (χ1) is 19.3. The number of carbonyl (C=O) groups is 2. The lowest BCUT2D eigenvalue weighted by atomic mass is 9.46. The van der Waals surface area contributed by atoms with Gasteiger partial charge >= 0.3 is 10.3 Å². The zero-order valence-electron chi connectivity index (χ0n) is 25.4. The number of allylic oxidation sites excluding steroid dienone is 4. The maximum Gasteiger partial charge on any atom is 0.435 e. The summed E-state index contributed by atoms with van der Waals surface area (Å²) in [5.74, 6) is -0.692. The van der Waals surface area contributed by atoms with E-state index in [4.69, 9.17) is 13.7 Å². The van der Waals surface area contributed by atoms with Crippen LogP contribution in [0.25, 0.3) is 0 Å². The van der Waals surface area contributed by atoms with E-state index in [0.29, 0.717) is 32.5 Å². The van der Waals surface area contributed by atoms with Crippen molar-refractivity contribution in [2.75, 3.05) is 26.2 Å². The molecule has 0 radical (unpaired) electrons. The average molecular weight is 594 g/mol. The minimum absolute atomic E-state index is 0.0213. The summed E-state index contributed by atoms with van der Waals surface area (Å²) in [5.41, 5.74) is -1.75. The van der Waals surface area contributed by atoms with Crippen LogP contribution in [0.5, 0.6) is 0 Å². The van der Waals surface area contributed by atoms with E-state index in [9.17, 15) is 23.1 Å². The first-order valence-corrected chi connectivity index (χ1v) is 16.9. The Balaban J connectivity index is 1.50. The molecular formula is C31H47NO8S. The highest BCUT2D eigenvalue weighted by atomic mass is 32.2. The van der Waals surface area contributed by atoms with Crippen LogP contribution in [0, 0.1) is 28.6 Å². The van der Waals surface area contributed by atoms with Crippen LogP contribution in [-0.2, 0) is 33.6 Å². The molecule has 0 spiro atoms. The van der Waals surface area contributed by atoms with Crippen molar-refractivity contribution in [2.45, 2.75) is 104 Å². The Kier molecular flexibility index (Phi) is 8.04. The second kappa shape index (κ2) is 10.6. The summed E-state index contributed by atoms with van der Waals surface area (Å²) in [4.78, 5) is 26.5. The SMILES string of the molecule is CCCC1O[C@H]2CC3C4CCC5=CC(=O)C=C[C@]5(C)C4[C@@H]([O-])C[C@]3(C)[C@]2(C(=O)COS(=O)(=O)[N+](CC)(CC)CC)O1. The number of ketones is 2. The number of Topliss-reactive ketones (excluding diaryl/α,β-unsaturated/α-hetero) is 1. The summed E-state index contributed by atoms with van der Waals surface area (Å²) >= 11 is 0. The van der Waals surface area contributed by atoms with Gasteiger partial charge in [-0.15, -0.1) is 14.5 Å². The van der Waals surface area contributed by atoms with Gasteiger partial charge in [-0.05, 0) is 76.4 Å². The Morgan fingerprint density at radius 1 is 1.17 bits per heavy atom. The van der Waals surface area contributed by atoms with Crippen LogP contribution in [0.3, 0.4) is 0 Å². The van der Waals surface area contributed by atoms with Crippen molar-refractivity contribution in [2.24, 2.45) is 28.6 Å². The first kappa shape index (κ1) is 31.0. The van der Waals surface area contributed by atoms with E-state index in [1.807, 2.05) is 19.9 Å². The lowest BCUT2D eigenvalue weighted by Crippen LogP contribution is -2.66. The van der Waals surface area contributed by atoms with E-state index in [1.165, 1.54) is 0 Å². The molecule has 4 aliphatic carbocycles. The Labute approximate surface area is 245 Å². The molecule has 4 unspecified atom stereocenters. The highest BCUT2D eigenvalue weighted by Crippen LogP contribution is 2.69. The molecule has 0 aromatic heterocycles. The molecule has 5 rings (SSSR count). The first-order valence-electron chi connectivity index (χ1n) is 15.5. The normalized spacial score (nSPS) is 41.8. The average Bonchev–Trinajstić information content (AvgIpc) is 3.41. The third-order valence-corrected chi connectivity index (χ3v) is 13.9. The molecule has 1 saturated heterocycles. The summed E-state index contributed by atoms with van der Waals surface area (Å²) in [6.45, 7) is 11.8. The van der Waals surface area contributed by atoms with Crippen LogP contribution in [0.15, 0.2) is 23.8 Å². The van der Waals surface area contributed by atoms with Gasteiger partial charge in [-0.3, -0.25) is 9.59 Å². The number of carbonyl (C=O) groups excluding carboxylic acids is 2. The van der Waals surface area contributed by atoms with Gasteiger partial charge in [0.1, 0.15) is 6.61 Å². The van der Waals surface area contributed by atoms with Crippen LogP contribution in [0.1, 0.15) is 80.1 Å². The fourth-order valence-corrected chi connectivity index (χ4v) is 10.9. The van der Waals surface area contributed by atoms with Crippen LogP contribution in [0.2, 0.25) is 0 Å². The van der Waals surface area contributed by atoms with Crippen molar-refractivity contribution in [3.05, 3.63) is 23.8 Å². The number of hydrogen-bond donors (Lipinski definition) is 0. The summed E-state index contributed by atoms with van der Waals surface area (Å²) < 4.78 is 45.0. The van der Waals surface area contributed by atoms with Gasteiger partial charge in [0.2, 0.25) is 0 Å².